The third-order valence-corrected chi connectivity index (χ3v) is 4.65. The van der Waals surface area contributed by atoms with Crippen molar-refractivity contribution in [3.8, 4) is 0 Å². The Morgan fingerprint density at radius 2 is 1.68 bits per heavy atom. The average Bonchev–Trinajstić information content (AvgIpc) is 2.89. The fourth-order valence-electron chi connectivity index (χ4n) is 3.25. The lowest BCUT2D eigenvalue weighted by atomic mass is 9.82. The lowest BCUT2D eigenvalue weighted by Crippen LogP contribution is -2.12. The second-order valence-corrected chi connectivity index (χ2v) is 7.75. The summed E-state index contributed by atoms with van der Waals surface area (Å²) in [5, 5.41) is 0. The summed E-state index contributed by atoms with van der Waals surface area (Å²) in [4.78, 5) is 0. The van der Waals surface area contributed by atoms with Crippen LogP contribution in [0.4, 0.5) is 0 Å². The Morgan fingerprint density at radius 1 is 0.955 bits per heavy atom. The van der Waals surface area contributed by atoms with Gasteiger partial charge in [0.05, 0.1) is 0 Å². The number of fused-ring (bicyclic) bond motifs is 1. The zero-order valence-electron chi connectivity index (χ0n) is 14.4. The first-order valence-corrected chi connectivity index (χ1v) is 8.29. The first-order valence-electron chi connectivity index (χ1n) is 8.29. The van der Waals surface area contributed by atoms with Gasteiger partial charge in [0.25, 0.3) is 0 Å². The normalized spacial score (nSPS) is 14.2. The van der Waals surface area contributed by atoms with Gasteiger partial charge in [0.15, 0.2) is 0 Å². The van der Waals surface area contributed by atoms with Crippen molar-refractivity contribution in [2.45, 2.75) is 52.4 Å². The summed E-state index contributed by atoms with van der Waals surface area (Å²) >= 11 is 0. The van der Waals surface area contributed by atoms with Gasteiger partial charge in [0, 0.05) is 0 Å². The van der Waals surface area contributed by atoms with E-state index in [1.54, 1.807) is 0 Å². The molecule has 0 N–H and O–H groups in total. The molecule has 0 atom stereocenters. The van der Waals surface area contributed by atoms with Crippen LogP contribution in [0.1, 0.15) is 68.4 Å². The van der Waals surface area contributed by atoms with E-state index >= 15 is 0 Å². The highest BCUT2D eigenvalue weighted by atomic mass is 14.2. The third kappa shape index (κ3) is 2.75. The summed E-state index contributed by atoms with van der Waals surface area (Å²) in [6, 6.07) is 15.8. The molecule has 0 unspecified atom stereocenters. The van der Waals surface area contributed by atoms with Crippen molar-refractivity contribution in [1.82, 2.24) is 0 Å². The van der Waals surface area contributed by atoms with Gasteiger partial charge < -0.3 is 0 Å². The van der Waals surface area contributed by atoms with Gasteiger partial charge in [-0.1, -0.05) is 83.2 Å². The Balaban J connectivity index is 2.06. The molecule has 3 rings (SSSR count). The number of allylic oxidation sites excluding steroid dienone is 1. The van der Waals surface area contributed by atoms with Crippen LogP contribution in [0.15, 0.2) is 42.5 Å². The molecule has 0 spiro atoms. The van der Waals surface area contributed by atoms with E-state index in [4.69, 9.17) is 0 Å². The molecule has 0 nitrogen and oxygen atoms in total. The fourth-order valence-corrected chi connectivity index (χ4v) is 3.25. The van der Waals surface area contributed by atoms with Crippen molar-refractivity contribution in [2.24, 2.45) is 0 Å². The summed E-state index contributed by atoms with van der Waals surface area (Å²) in [5.74, 6) is 0.543. The maximum Gasteiger partial charge on any atom is -0.00136 e. The van der Waals surface area contributed by atoms with Crippen LogP contribution < -0.4 is 0 Å². The van der Waals surface area contributed by atoms with Crippen LogP contribution in [0.5, 0.6) is 0 Å². The predicted molar refractivity (Wildman–Crippen MR) is 97.2 cm³/mol. The zero-order valence-corrected chi connectivity index (χ0v) is 14.4. The molecule has 2 aromatic carbocycles. The monoisotopic (exact) mass is 290 g/mol. The van der Waals surface area contributed by atoms with Crippen molar-refractivity contribution in [3.63, 3.8) is 0 Å². The standard InChI is InChI=1S/C22H26/c1-15(2)21-14-19(22(3,4)5)10-11-20(21)18-12-16-8-6-7-9-17(16)13-18/h6-12,14-15H,13H2,1-5H3. The molecular formula is C22H26. The second-order valence-electron chi connectivity index (χ2n) is 7.75. The minimum absolute atomic E-state index is 0.204. The van der Waals surface area contributed by atoms with E-state index < -0.39 is 0 Å². The largest absolute Gasteiger partial charge is 0.0619 e. The Morgan fingerprint density at radius 3 is 2.32 bits per heavy atom. The number of hydrogen-bond donors (Lipinski definition) is 0. The topological polar surface area (TPSA) is 0 Å². The quantitative estimate of drug-likeness (QED) is 0.617. The highest BCUT2D eigenvalue weighted by Crippen LogP contribution is 2.37. The third-order valence-electron chi connectivity index (χ3n) is 4.65. The number of rotatable bonds is 2. The predicted octanol–water partition coefficient (Wildman–Crippen LogP) is 6.20. The highest BCUT2D eigenvalue weighted by Gasteiger charge is 2.20. The molecule has 0 amide bonds. The van der Waals surface area contributed by atoms with Gasteiger partial charge in [-0.2, -0.15) is 0 Å². The van der Waals surface area contributed by atoms with E-state index in [9.17, 15) is 0 Å². The van der Waals surface area contributed by atoms with E-state index in [2.05, 4.69) is 83.2 Å². The minimum Gasteiger partial charge on any atom is -0.0619 e. The summed E-state index contributed by atoms with van der Waals surface area (Å²) < 4.78 is 0. The van der Waals surface area contributed by atoms with E-state index in [0.29, 0.717) is 5.92 Å². The van der Waals surface area contributed by atoms with Crippen LogP contribution in [-0.4, -0.2) is 0 Å². The lowest BCUT2D eigenvalue weighted by Gasteiger charge is -2.23. The van der Waals surface area contributed by atoms with Gasteiger partial charge in [0.2, 0.25) is 0 Å². The van der Waals surface area contributed by atoms with Crippen LogP contribution in [0.3, 0.4) is 0 Å². The summed E-state index contributed by atoms with van der Waals surface area (Å²) in [5.41, 5.74) is 8.83. The molecule has 0 saturated heterocycles. The van der Waals surface area contributed by atoms with Gasteiger partial charge in [-0.3, -0.25) is 0 Å². The Hall–Kier alpha value is -1.82. The van der Waals surface area contributed by atoms with Gasteiger partial charge >= 0.3 is 0 Å². The molecule has 0 heterocycles. The van der Waals surface area contributed by atoms with Gasteiger partial charge in [-0.15, -0.1) is 0 Å². The van der Waals surface area contributed by atoms with Crippen molar-refractivity contribution >= 4 is 11.6 Å². The van der Waals surface area contributed by atoms with Crippen LogP contribution in [0.25, 0.3) is 11.6 Å². The van der Waals surface area contributed by atoms with Crippen LogP contribution >= 0.6 is 0 Å². The molecule has 114 valence electrons. The van der Waals surface area contributed by atoms with Gasteiger partial charge in [-0.05, 0) is 51.1 Å². The van der Waals surface area contributed by atoms with E-state index in [-0.39, 0.29) is 5.41 Å². The van der Waals surface area contributed by atoms with E-state index in [1.165, 1.54) is 33.4 Å². The van der Waals surface area contributed by atoms with Gasteiger partial charge in [-0.25, -0.2) is 0 Å². The molecule has 0 heteroatoms. The molecule has 0 radical (unpaired) electrons. The maximum atomic E-state index is 2.42. The molecule has 0 bridgehead atoms. The first-order chi connectivity index (χ1) is 10.4. The average molecular weight is 290 g/mol. The first kappa shape index (κ1) is 15.1. The molecule has 1 aliphatic rings. The Bertz CT molecular complexity index is 724. The summed E-state index contributed by atoms with van der Waals surface area (Å²) in [6.45, 7) is 11.5. The zero-order chi connectivity index (χ0) is 15.9. The lowest BCUT2D eigenvalue weighted by molar-refractivity contribution is 0.588. The van der Waals surface area contributed by atoms with Crippen molar-refractivity contribution in [1.29, 1.82) is 0 Å². The molecule has 0 aliphatic heterocycles. The maximum absolute atomic E-state index is 2.42. The minimum atomic E-state index is 0.204. The Kier molecular flexibility index (Phi) is 3.72. The fraction of sp³-hybridized carbons (Fsp3) is 0.364. The molecular weight excluding hydrogens is 264 g/mol. The summed E-state index contributed by atoms with van der Waals surface area (Å²) in [7, 11) is 0. The molecule has 0 aromatic heterocycles. The van der Waals surface area contributed by atoms with Crippen LogP contribution in [0.2, 0.25) is 0 Å². The van der Waals surface area contributed by atoms with Crippen LogP contribution in [-0.2, 0) is 11.8 Å². The smallest absolute Gasteiger partial charge is 0.00136 e. The Labute approximate surface area is 134 Å². The molecule has 2 aromatic rings. The van der Waals surface area contributed by atoms with E-state index in [1.807, 2.05) is 0 Å². The SMILES string of the molecule is CC(C)c1cc(C(C)(C)C)ccc1C1=Cc2ccccc2C1. The van der Waals surface area contributed by atoms with Crippen molar-refractivity contribution in [2.75, 3.05) is 0 Å². The van der Waals surface area contributed by atoms with Crippen LogP contribution in [0, 0.1) is 0 Å². The van der Waals surface area contributed by atoms with Crippen molar-refractivity contribution < 1.29 is 0 Å². The molecule has 1 aliphatic carbocycles. The number of hydrogen-bond acceptors (Lipinski definition) is 0. The molecule has 22 heavy (non-hydrogen) atoms. The highest BCUT2D eigenvalue weighted by molar-refractivity contribution is 5.89. The number of benzene rings is 2. The summed E-state index contributed by atoms with van der Waals surface area (Å²) in [6.07, 6.45) is 3.43. The van der Waals surface area contributed by atoms with E-state index in [0.717, 1.165) is 6.42 Å². The second kappa shape index (κ2) is 5.43. The van der Waals surface area contributed by atoms with Crippen molar-refractivity contribution in [3.05, 3.63) is 70.3 Å². The van der Waals surface area contributed by atoms with Gasteiger partial charge in [0.1, 0.15) is 0 Å². The molecule has 0 fully saturated rings. The molecule has 0 saturated carbocycles.